The first-order valence-electron chi connectivity index (χ1n) is 6.69. The first-order chi connectivity index (χ1) is 9.86. The van der Waals surface area contributed by atoms with Gasteiger partial charge in [-0.1, -0.05) is 0 Å². The number of hydrogen-bond donors (Lipinski definition) is 3. The van der Waals surface area contributed by atoms with Gasteiger partial charge in [0, 0.05) is 6.42 Å². The summed E-state index contributed by atoms with van der Waals surface area (Å²) in [4.78, 5) is 46.8. The largest absolute Gasteiger partial charge is 0.480 e. The molecule has 0 heterocycles. The molecule has 0 aromatic carbocycles. The molecule has 0 fully saturated rings. The maximum atomic E-state index is 12.1. The molecule has 0 saturated carbocycles. The monoisotopic (exact) mass is 317 g/mol. The highest BCUT2D eigenvalue weighted by Crippen LogP contribution is 2.16. The molecule has 0 aliphatic carbocycles. The van der Waals surface area contributed by atoms with Gasteiger partial charge in [0.1, 0.15) is 11.6 Å². The maximum absolute atomic E-state index is 12.1. The van der Waals surface area contributed by atoms with Crippen molar-refractivity contribution < 1.29 is 29.0 Å². The van der Waals surface area contributed by atoms with E-state index in [2.05, 4.69) is 0 Å². The van der Waals surface area contributed by atoms with Gasteiger partial charge < -0.3 is 21.3 Å². The van der Waals surface area contributed by atoms with Crippen LogP contribution in [0.15, 0.2) is 0 Å². The molecular formula is C13H23N3O6. The molecule has 2 atom stereocenters. The number of carbonyl (C=O) groups is 4. The third-order valence-corrected chi connectivity index (χ3v) is 2.48. The van der Waals surface area contributed by atoms with Crippen LogP contribution in [0.2, 0.25) is 0 Å². The highest BCUT2D eigenvalue weighted by molar-refractivity contribution is 5.98. The van der Waals surface area contributed by atoms with E-state index in [0.717, 1.165) is 0 Å². The quantitative estimate of drug-likeness (QED) is 0.613. The Morgan fingerprint density at radius 1 is 1.23 bits per heavy atom. The first-order valence-corrected chi connectivity index (χ1v) is 6.69. The van der Waals surface area contributed by atoms with Crippen LogP contribution in [0.4, 0.5) is 4.79 Å². The van der Waals surface area contributed by atoms with E-state index >= 15 is 0 Å². The number of amides is 3. The minimum atomic E-state index is -1.58. The number of carboxylic acid groups (broad SMARTS) is 1. The number of nitrogens with zero attached hydrogens (tertiary/aromatic N) is 1. The lowest BCUT2D eigenvalue weighted by molar-refractivity contribution is -0.150. The molecule has 0 saturated heterocycles. The minimum absolute atomic E-state index is 0.303. The van der Waals surface area contributed by atoms with Crippen molar-refractivity contribution in [3.05, 3.63) is 0 Å². The number of carbonyl (C=O) groups excluding carboxylic acids is 3. The summed E-state index contributed by atoms with van der Waals surface area (Å²) in [6.07, 6.45) is -1.75. The van der Waals surface area contributed by atoms with Gasteiger partial charge in [0.2, 0.25) is 11.8 Å². The van der Waals surface area contributed by atoms with Crippen LogP contribution in [-0.2, 0) is 19.1 Å². The molecule has 9 nitrogen and oxygen atoms in total. The lowest BCUT2D eigenvalue weighted by Crippen LogP contribution is -2.54. The maximum Gasteiger partial charge on any atom is 0.417 e. The Bertz CT molecular complexity index is 455. The lowest BCUT2D eigenvalue weighted by atomic mass is 10.1. The number of carboxylic acids is 1. The molecule has 9 heteroatoms. The average Bonchev–Trinajstić information content (AvgIpc) is 2.30. The van der Waals surface area contributed by atoms with E-state index in [1.165, 1.54) is 6.92 Å². The molecule has 0 spiro atoms. The predicted molar refractivity (Wildman–Crippen MR) is 76.6 cm³/mol. The van der Waals surface area contributed by atoms with Gasteiger partial charge in [-0.3, -0.25) is 9.59 Å². The van der Waals surface area contributed by atoms with Crippen molar-refractivity contribution >= 4 is 23.9 Å². The fourth-order valence-corrected chi connectivity index (χ4v) is 1.54. The third kappa shape index (κ3) is 6.53. The van der Waals surface area contributed by atoms with E-state index in [-0.39, 0.29) is 12.8 Å². The van der Waals surface area contributed by atoms with Gasteiger partial charge in [-0.15, -0.1) is 0 Å². The minimum Gasteiger partial charge on any atom is -0.480 e. The zero-order valence-corrected chi connectivity index (χ0v) is 13.2. The van der Waals surface area contributed by atoms with E-state index < -0.39 is 41.6 Å². The van der Waals surface area contributed by atoms with Crippen LogP contribution in [0.25, 0.3) is 0 Å². The van der Waals surface area contributed by atoms with Crippen molar-refractivity contribution in [2.45, 2.75) is 58.2 Å². The number of nitrogens with two attached hydrogens (primary N) is 2. The summed E-state index contributed by atoms with van der Waals surface area (Å²) in [6.45, 7) is 6.02. The zero-order chi connectivity index (χ0) is 17.7. The van der Waals surface area contributed by atoms with Crippen molar-refractivity contribution in [1.29, 1.82) is 0 Å². The summed E-state index contributed by atoms with van der Waals surface area (Å²) in [5.74, 6) is -3.11. The van der Waals surface area contributed by atoms with Gasteiger partial charge in [0.15, 0.2) is 0 Å². The number of ether oxygens (including phenoxy) is 1. The lowest BCUT2D eigenvalue weighted by Gasteiger charge is -2.30. The average molecular weight is 317 g/mol. The van der Waals surface area contributed by atoms with E-state index in [4.69, 9.17) is 16.2 Å². The number of hydrogen-bond acceptors (Lipinski definition) is 6. The number of rotatable bonds is 6. The Hall–Kier alpha value is -2.16. The molecule has 2 unspecified atom stereocenters. The predicted octanol–water partition coefficient (Wildman–Crippen LogP) is -0.184. The Morgan fingerprint density at radius 2 is 1.73 bits per heavy atom. The molecule has 0 aromatic rings. The second-order valence-electron chi connectivity index (χ2n) is 5.84. The summed E-state index contributed by atoms with van der Waals surface area (Å²) in [6, 6.07) is -2.69. The molecule has 0 radical (unpaired) electrons. The normalized spacial score (nSPS) is 13.9. The van der Waals surface area contributed by atoms with Gasteiger partial charge in [-0.25, -0.2) is 14.5 Å². The number of primary amides is 1. The highest BCUT2D eigenvalue weighted by atomic mass is 16.6. The summed E-state index contributed by atoms with van der Waals surface area (Å²) < 4.78 is 5.04. The van der Waals surface area contributed by atoms with Crippen molar-refractivity contribution in [3.63, 3.8) is 0 Å². The van der Waals surface area contributed by atoms with Crippen LogP contribution >= 0.6 is 0 Å². The third-order valence-electron chi connectivity index (χ3n) is 2.48. The Labute approximate surface area is 128 Å². The summed E-state index contributed by atoms with van der Waals surface area (Å²) in [5.41, 5.74) is 9.50. The van der Waals surface area contributed by atoms with Crippen LogP contribution in [0.1, 0.15) is 40.5 Å². The first kappa shape index (κ1) is 19.8. The fourth-order valence-electron chi connectivity index (χ4n) is 1.54. The number of aliphatic carboxylic acids is 1. The number of imide groups is 1. The molecule has 0 bridgehead atoms. The fraction of sp³-hybridized carbons (Fsp3) is 0.692. The van der Waals surface area contributed by atoms with Gasteiger partial charge in [-0.05, 0) is 34.1 Å². The Morgan fingerprint density at radius 3 is 2.05 bits per heavy atom. The smallest absolute Gasteiger partial charge is 0.417 e. The molecule has 0 rings (SSSR count). The van der Waals surface area contributed by atoms with Gasteiger partial charge in [-0.2, -0.15) is 0 Å². The molecule has 0 aliphatic rings. The summed E-state index contributed by atoms with van der Waals surface area (Å²) in [7, 11) is 0. The summed E-state index contributed by atoms with van der Waals surface area (Å²) in [5, 5.41) is 9.24. The van der Waals surface area contributed by atoms with Crippen molar-refractivity contribution in [3.8, 4) is 0 Å². The van der Waals surface area contributed by atoms with Crippen LogP contribution in [0.3, 0.4) is 0 Å². The molecule has 5 N–H and O–H groups in total. The van der Waals surface area contributed by atoms with Crippen LogP contribution in [0, 0.1) is 0 Å². The van der Waals surface area contributed by atoms with Crippen molar-refractivity contribution in [2.24, 2.45) is 11.5 Å². The van der Waals surface area contributed by atoms with Gasteiger partial charge in [0.05, 0.1) is 6.04 Å². The molecule has 0 aliphatic heterocycles. The molecule has 126 valence electrons. The van der Waals surface area contributed by atoms with Crippen LogP contribution in [-0.4, -0.2) is 51.6 Å². The Balaban J connectivity index is 5.50. The molecule has 3 amide bonds. The SMILES string of the molecule is CC(N)C(=O)N(C(=O)OC(C)(C)C)C(CCC(N)=O)C(=O)O. The zero-order valence-electron chi connectivity index (χ0n) is 13.2. The second-order valence-corrected chi connectivity index (χ2v) is 5.84. The topological polar surface area (TPSA) is 153 Å². The van der Waals surface area contributed by atoms with Crippen LogP contribution < -0.4 is 11.5 Å². The van der Waals surface area contributed by atoms with Crippen LogP contribution in [0.5, 0.6) is 0 Å². The van der Waals surface area contributed by atoms with E-state index in [0.29, 0.717) is 4.90 Å². The van der Waals surface area contributed by atoms with Gasteiger partial charge in [0.25, 0.3) is 0 Å². The van der Waals surface area contributed by atoms with Crippen molar-refractivity contribution in [2.75, 3.05) is 0 Å². The molecule has 0 aromatic heterocycles. The van der Waals surface area contributed by atoms with E-state index in [9.17, 15) is 24.3 Å². The highest BCUT2D eigenvalue weighted by Gasteiger charge is 2.38. The van der Waals surface area contributed by atoms with Gasteiger partial charge >= 0.3 is 12.1 Å². The Kier molecular flexibility index (Phi) is 6.98. The second kappa shape index (κ2) is 7.74. The molecule has 22 heavy (non-hydrogen) atoms. The molecular weight excluding hydrogens is 294 g/mol. The van der Waals surface area contributed by atoms with E-state index in [1.54, 1.807) is 20.8 Å². The summed E-state index contributed by atoms with van der Waals surface area (Å²) >= 11 is 0. The standard InChI is InChI=1S/C13H23N3O6/c1-7(14)10(18)16(12(21)22-13(2,3)4)8(11(19)20)5-6-9(15)17/h7-8H,5-6,14H2,1-4H3,(H2,15,17)(H,19,20). The van der Waals surface area contributed by atoms with Crippen molar-refractivity contribution in [1.82, 2.24) is 4.90 Å². The van der Waals surface area contributed by atoms with E-state index in [1.807, 2.05) is 0 Å².